The van der Waals surface area contributed by atoms with Gasteiger partial charge in [-0.25, -0.2) is 4.98 Å². The fourth-order valence-corrected chi connectivity index (χ4v) is 2.10. The first kappa shape index (κ1) is 12.8. The zero-order valence-electron chi connectivity index (χ0n) is 11.2. The number of hydrogen-bond acceptors (Lipinski definition) is 3. The van der Waals surface area contributed by atoms with Gasteiger partial charge in [0.15, 0.2) is 0 Å². The molecule has 0 saturated heterocycles. The van der Waals surface area contributed by atoms with Crippen LogP contribution in [0.15, 0.2) is 31.0 Å². The summed E-state index contributed by atoms with van der Waals surface area (Å²) in [6.45, 7) is 7.06. The molecule has 2 aromatic heterocycles. The van der Waals surface area contributed by atoms with E-state index >= 15 is 0 Å². The molecule has 98 valence electrons. The van der Waals surface area contributed by atoms with E-state index in [9.17, 15) is 0 Å². The van der Waals surface area contributed by atoms with Gasteiger partial charge in [-0.1, -0.05) is 0 Å². The summed E-state index contributed by atoms with van der Waals surface area (Å²) in [5.74, 6) is 0. The van der Waals surface area contributed by atoms with Crippen LogP contribution in [0.1, 0.15) is 32.5 Å². The van der Waals surface area contributed by atoms with Crippen LogP contribution < -0.4 is 5.73 Å². The second-order valence-electron chi connectivity index (χ2n) is 5.53. The Morgan fingerprint density at radius 1 is 1.44 bits per heavy atom. The second-order valence-corrected chi connectivity index (χ2v) is 5.53. The molecule has 5 heteroatoms. The van der Waals surface area contributed by atoms with Crippen LogP contribution in [0.2, 0.25) is 0 Å². The first-order chi connectivity index (χ1) is 8.46. The minimum atomic E-state index is -0.219. The van der Waals surface area contributed by atoms with Crippen LogP contribution in [-0.2, 0) is 13.0 Å². The predicted octanol–water partition coefficient (Wildman–Crippen LogP) is 1.62. The molecule has 0 amide bonds. The Balaban J connectivity index is 2.11. The predicted molar refractivity (Wildman–Crippen MR) is 71.1 cm³/mol. The molecule has 1 atom stereocenters. The van der Waals surface area contributed by atoms with Gasteiger partial charge in [-0.2, -0.15) is 5.10 Å². The SMILES string of the molecule is CC(Cn1cccn1)n1cncc1CC(C)(C)N. The molecular weight excluding hydrogens is 226 g/mol. The maximum atomic E-state index is 6.07. The molecule has 2 rings (SSSR count). The van der Waals surface area contributed by atoms with E-state index in [-0.39, 0.29) is 5.54 Å². The fourth-order valence-electron chi connectivity index (χ4n) is 2.10. The lowest BCUT2D eigenvalue weighted by Gasteiger charge is -2.22. The standard InChI is InChI=1S/C13H21N5/c1-11(9-17-6-4-5-16-17)18-10-15-8-12(18)7-13(2,3)14/h4-6,8,10-11H,7,9,14H2,1-3H3. The highest BCUT2D eigenvalue weighted by Gasteiger charge is 2.17. The van der Waals surface area contributed by atoms with E-state index in [1.165, 1.54) is 5.69 Å². The molecule has 0 spiro atoms. The fraction of sp³-hybridized carbons (Fsp3) is 0.538. The van der Waals surface area contributed by atoms with Crippen LogP contribution in [0.4, 0.5) is 0 Å². The topological polar surface area (TPSA) is 61.7 Å². The summed E-state index contributed by atoms with van der Waals surface area (Å²) < 4.78 is 4.11. The third-order valence-electron chi connectivity index (χ3n) is 2.87. The molecule has 0 radical (unpaired) electrons. The average molecular weight is 247 g/mol. The number of imidazole rings is 1. The number of nitrogens with two attached hydrogens (primary N) is 1. The van der Waals surface area contributed by atoms with E-state index in [2.05, 4.69) is 21.6 Å². The van der Waals surface area contributed by atoms with Crippen molar-refractivity contribution in [1.82, 2.24) is 19.3 Å². The molecule has 0 aliphatic heterocycles. The van der Waals surface area contributed by atoms with Gasteiger partial charge in [-0.15, -0.1) is 0 Å². The highest BCUT2D eigenvalue weighted by molar-refractivity contribution is 5.04. The van der Waals surface area contributed by atoms with E-state index in [0.29, 0.717) is 6.04 Å². The Morgan fingerprint density at radius 2 is 2.22 bits per heavy atom. The van der Waals surface area contributed by atoms with Crippen molar-refractivity contribution in [3.8, 4) is 0 Å². The Bertz CT molecular complexity index is 478. The smallest absolute Gasteiger partial charge is 0.0951 e. The van der Waals surface area contributed by atoms with E-state index < -0.39 is 0 Å². The van der Waals surface area contributed by atoms with Crippen LogP contribution >= 0.6 is 0 Å². The normalized spacial score (nSPS) is 13.8. The zero-order valence-corrected chi connectivity index (χ0v) is 11.2. The molecule has 2 N–H and O–H groups in total. The number of rotatable bonds is 5. The summed E-state index contributed by atoms with van der Waals surface area (Å²) in [6.07, 6.45) is 8.35. The van der Waals surface area contributed by atoms with E-state index in [1.54, 1.807) is 6.20 Å². The first-order valence-corrected chi connectivity index (χ1v) is 6.23. The highest BCUT2D eigenvalue weighted by Crippen LogP contribution is 2.16. The average Bonchev–Trinajstić information content (AvgIpc) is 2.86. The second kappa shape index (κ2) is 4.94. The molecule has 2 heterocycles. The lowest BCUT2D eigenvalue weighted by molar-refractivity contribution is 0.412. The molecular formula is C13H21N5. The lowest BCUT2D eigenvalue weighted by Crippen LogP contribution is -2.35. The quantitative estimate of drug-likeness (QED) is 0.873. The van der Waals surface area contributed by atoms with E-state index in [1.807, 2.05) is 43.3 Å². The van der Waals surface area contributed by atoms with Crippen LogP contribution in [0.25, 0.3) is 0 Å². The highest BCUT2D eigenvalue weighted by atomic mass is 15.3. The lowest BCUT2D eigenvalue weighted by atomic mass is 10.0. The van der Waals surface area contributed by atoms with Crippen molar-refractivity contribution in [2.24, 2.45) is 5.73 Å². The van der Waals surface area contributed by atoms with Crippen molar-refractivity contribution in [2.75, 3.05) is 0 Å². The number of nitrogens with zero attached hydrogens (tertiary/aromatic N) is 4. The third kappa shape index (κ3) is 3.20. The monoisotopic (exact) mass is 247 g/mol. The Kier molecular flexibility index (Phi) is 3.52. The largest absolute Gasteiger partial charge is 0.330 e. The molecule has 18 heavy (non-hydrogen) atoms. The minimum absolute atomic E-state index is 0.219. The van der Waals surface area contributed by atoms with Crippen molar-refractivity contribution in [3.05, 3.63) is 36.7 Å². The number of hydrogen-bond donors (Lipinski definition) is 1. The molecule has 0 bridgehead atoms. The molecule has 0 aliphatic carbocycles. The molecule has 0 aliphatic rings. The summed E-state index contributed by atoms with van der Waals surface area (Å²) in [5.41, 5.74) is 7.02. The van der Waals surface area contributed by atoms with Crippen LogP contribution in [0.5, 0.6) is 0 Å². The van der Waals surface area contributed by atoms with Gasteiger partial charge in [0.2, 0.25) is 0 Å². The van der Waals surface area contributed by atoms with Crippen molar-refractivity contribution < 1.29 is 0 Å². The van der Waals surface area contributed by atoms with Gasteiger partial charge >= 0.3 is 0 Å². The van der Waals surface area contributed by atoms with Gasteiger partial charge in [0.05, 0.1) is 18.9 Å². The molecule has 2 aromatic rings. The summed E-state index contributed by atoms with van der Waals surface area (Å²) in [4.78, 5) is 4.23. The van der Waals surface area contributed by atoms with Crippen molar-refractivity contribution in [2.45, 2.75) is 45.3 Å². The molecule has 0 fully saturated rings. The molecule has 0 saturated carbocycles. The van der Waals surface area contributed by atoms with Gasteiger partial charge in [0, 0.05) is 36.2 Å². The Labute approximate surface area is 108 Å². The van der Waals surface area contributed by atoms with Gasteiger partial charge in [-0.05, 0) is 26.8 Å². The minimum Gasteiger partial charge on any atom is -0.330 e. The van der Waals surface area contributed by atoms with Crippen molar-refractivity contribution >= 4 is 0 Å². The first-order valence-electron chi connectivity index (χ1n) is 6.23. The Morgan fingerprint density at radius 3 is 2.83 bits per heavy atom. The Hall–Kier alpha value is -1.62. The molecule has 1 unspecified atom stereocenters. The van der Waals surface area contributed by atoms with Crippen molar-refractivity contribution in [1.29, 1.82) is 0 Å². The van der Waals surface area contributed by atoms with Gasteiger partial charge in [0.1, 0.15) is 0 Å². The van der Waals surface area contributed by atoms with Crippen LogP contribution in [-0.4, -0.2) is 24.9 Å². The van der Waals surface area contributed by atoms with E-state index in [4.69, 9.17) is 5.73 Å². The van der Waals surface area contributed by atoms with Gasteiger partial charge < -0.3 is 10.3 Å². The summed E-state index contributed by atoms with van der Waals surface area (Å²) in [5, 5.41) is 4.23. The maximum absolute atomic E-state index is 6.07. The summed E-state index contributed by atoms with van der Waals surface area (Å²) >= 11 is 0. The zero-order chi connectivity index (χ0) is 13.2. The molecule has 5 nitrogen and oxygen atoms in total. The van der Waals surface area contributed by atoms with Gasteiger partial charge in [-0.3, -0.25) is 4.68 Å². The van der Waals surface area contributed by atoms with Crippen molar-refractivity contribution in [3.63, 3.8) is 0 Å². The summed E-state index contributed by atoms with van der Waals surface area (Å²) in [6, 6.07) is 2.25. The van der Waals surface area contributed by atoms with Crippen LogP contribution in [0, 0.1) is 0 Å². The van der Waals surface area contributed by atoms with Gasteiger partial charge in [0.25, 0.3) is 0 Å². The maximum Gasteiger partial charge on any atom is 0.0951 e. The molecule has 0 aromatic carbocycles. The third-order valence-corrected chi connectivity index (χ3v) is 2.87. The summed E-state index contributed by atoms with van der Waals surface area (Å²) in [7, 11) is 0. The number of aromatic nitrogens is 4. The van der Waals surface area contributed by atoms with Crippen LogP contribution in [0.3, 0.4) is 0 Å². The van der Waals surface area contributed by atoms with E-state index in [0.717, 1.165) is 13.0 Å².